The van der Waals surface area contributed by atoms with Gasteiger partial charge in [-0.3, -0.25) is 4.98 Å². The van der Waals surface area contributed by atoms with E-state index in [4.69, 9.17) is 10.5 Å². The predicted molar refractivity (Wildman–Crippen MR) is 52.8 cm³/mol. The van der Waals surface area contributed by atoms with E-state index in [0.29, 0.717) is 0 Å². The number of nitrogens with two attached hydrogens (primary N) is 1. The quantitative estimate of drug-likeness (QED) is 0.761. The van der Waals surface area contributed by atoms with Gasteiger partial charge >= 0.3 is 0 Å². The van der Waals surface area contributed by atoms with Gasteiger partial charge in [-0.15, -0.1) is 0 Å². The Morgan fingerprint density at radius 1 is 1.62 bits per heavy atom. The first-order chi connectivity index (χ1) is 6.22. The van der Waals surface area contributed by atoms with Crippen LogP contribution in [0.4, 0.5) is 0 Å². The molecule has 0 aliphatic heterocycles. The molecule has 3 heteroatoms. The van der Waals surface area contributed by atoms with Crippen LogP contribution >= 0.6 is 0 Å². The molecular formula is C10H16N2O. The molecule has 0 amide bonds. The third-order valence-corrected chi connectivity index (χ3v) is 1.88. The van der Waals surface area contributed by atoms with Crippen LogP contribution in [-0.2, 0) is 6.42 Å². The number of hydrogen-bond acceptors (Lipinski definition) is 3. The van der Waals surface area contributed by atoms with Crippen molar-refractivity contribution in [2.24, 2.45) is 5.73 Å². The number of aryl methyl sites for hydroxylation is 1. The van der Waals surface area contributed by atoms with Gasteiger partial charge < -0.3 is 10.5 Å². The van der Waals surface area contributed by atoms with Gasteiger partial charge in [0.05, 0.1) is 7.11 Å². The van der Waals surface area contributed by atoms with Crippen LogP contribution in [0, 0.1) is 0 Å². The summed E-state index contributed by atoms with van der Waals surface area (Å²) in [5.74, 6) is 0.856. The summed E-state index contributed by atoms with van der Waals surface area (Å²) in [5.41, 5.74) is 6.69. The first-order valence-electron chi connectivity index (χ1n) is 4.47. The third-order valence-electron chi connectivity index (χ3n) is 1.88. The number of methoxy groups -OCH3 is 1. The maximum absolute atomic E-state index is 5.65. The Hall–Kier alpha value is -1.09. The zero-order valence-electron chi connectivity index (χ0n) is 8.16. The minimum Gasteiger partial charge on any atom is -0.497 e. The number of nitrogens with zero attached hydrogens (tertiary/aromatic N) is 1. The van der Waals surface area contributed by atoms with Crippen LogP contribution in [0.1, 0.15) is 19.0 Å². The van der Waals surface area contributed by atoms with E-state index in [2.05, 4.69) is 4.98 Å². The topological polar surface area (TPSA) is 48.1 Å². The third kappa shape index (κ3) is 3.42. The number of aromatic nitrogens is 1. The fourth-order valence-corrected chi connectivity index (χ4v) is 1.10. The lowest BCUT2D eigenvalue weighted by Gasteiger charge is -2.05. The summed E-state index contributed by atoms with van der Waals surface area (Å²) >= 11 is 0. The number of hydrogen-bond donors (Lipinski definition) is 1. The highest BCUT2D eigenvalue weighted by Crippen LogP contribution is 2.11. The normalized spacial score (nSPS) is 12.5. The van der Waals surface area contributed by atoms with Gasteiger partial charge in [-0.1, -0.05) is 0 Å². The molecule has 0 aromatic carbocycles. The molecule has 0 radical (unpaired) electrons. The van der Waals surface area contributed by atoms with Gasteiger partial charge in [0.1, 0.15) is 5.75 Å². The van der Waals surface area contributed by atoms with Crippen molar-refractivity contribution in [1.82, 2.24) is 4.98 Å². The summed E-state index contributed by atoms with van der Waals surface area (Å²) in [6.07, 6.45) is 3.63. The molecule has 1 aromatic heterocycles. The van der Waals surface area contributed by atoms with E-state index in [-0.39, 0.29) is 6.04 Å². The molecule has 1 heterocycles. The second kappa shape index (κ2) is 4.82. The zero-order chi connectivity index (χ0) is 9.68. The molecule has 1 rings (SSSR count). The van der Waals surface area contributed by atoms with Crippen molar-refractivity contribution >= 4 is 0 Å². The fraction of sp³-hybridized carbons (Fsp3) is 0.500. The lowest BCUT2D eigenvalue weighted by atomic mass is 10.1. The Kier molecular flexibility index (Phi) is 3.71. The summed E-state index contributed by atoms with van der Waals surface area (Å²) in [4.78, 5) is 4.22. The monoisotopic (exact) mass is 180 g/mol. The maximum atomic E-state index is 5.65. The van der Waals surface area contributed by atoms with Crippen molar-refractivity contribution in [3.05, 3.63) is 24.0 Å². The van der Waals surface area contributed by atoms with Gasteiger partial charge in [-0.25, -0.2) is 0 Å². The van der Waals surface area contributed by atoms with E-state index < -0.39 is 0 Å². The Labute approximate surface area is 78.9 Å². The average Bonchev–Trinajstić information content (AvgIpc) is 2.15. The lowest BCUT2D eigenvalue weighted by Crippen LogP contribution is -2.15. The standard InChI is InChI=1S/C10H16N2O/c1-8(11)3-4-9-7-10(13-2)5-6-12-9/h5-8H,3-4,11H2,1-2H3/t8-/m0/s1. The van der Waals surface area contributed by atoms with Gasteiger partial charge in [0.2, 0.25) is 0 Å². The van der Waals surface area contributed by atoms with Crippen LogP contribution in [0.2, 0.25) is 0 Å². The maximum Gasteiger partial charge on any atom is 0.122 e. The van der Waals surface area contributed by atoms with Crippen LogP contribution in [0.15, 0.2) is 18.3 Å². The molecule has 0 unspecified atom stereocenters. The van der Waals surface area contributed by atoms with E-state index in [1.165, 1.54) is 0 Å². The Morgan fingerprint density at radius 2 is 2.38 bits per heavy atom. The SMILES string of the molecule is COc1ccnc(CC[C@H](C)N)c1. The van der Waals surface area contributed by atoms with Gasteiger partial charge in [-0.2, -0.15) is 0 Å². The molecule has 0 spiro atoms. The smallest absolute Gasteiger partial charge is 0.122 e. The van der Waals surface area contributed by atoms with Crippen LogP contribution in [0.3, 0.4) is 0 Å². The minimum atomic E-state index is 0.230. The van der Waals surface area contributed by atoms with Gasteiger partial charge in [0.25, 0.3) is 0 Å². The largest absolute Gasteiger partial charge is 0.497 e. The Balaban J connectivity index is 2.56. The molecule has 0 aliphatic carbocycles. The van der Waals surface area contributed by atoms with E-state index in [0.717, 1.165) is 24.3 Å². The van der Waals surface area contributed by atoms with Gasteiger partial charge in [0, 0.05) is 24.0 Å². The molecule has 1 aromatic rings. The van der Waals surface area contributed by atoms with E-state index >= 15 is 0 Å². The molecular weight excluding hydrogens is 164 g/mol. The molecule has 13 heavy (non-hydrogen) atoms. The summed E-state index contributed by atoms with van der Waals surface area (Å²) in [5, 5.41) is 0. The molecule has 2 N–H and O–H groups in total. The molecule has 1 atom stereocenters. The minimum absolute atomic E-state index is 0.230. The molecule has 3 nitrogen and oxygen atoms in total. The summed E-state index contributed by atoms with van der Waals surface area (Å²) in [6, 6.07) is 4.02. The molecule has 0 saturated heterocycles. The van der Waals surface area contributed by atoms with Gasteiger partial charge in [-0.05, 0) is 25.8 Å². The first kappa shape index (κ1) is 9.99. The first-order valence-corrected chi connectivity index (χ1v) is 4.47. The Morgan fingerprint density at radius 3 is 3.00 bits per heavy atom. The number of rotatable bonds is 4. The summed E-state index contributed by atoms with van der Waals surface area (Å²) in [7, 11) is 1.66. The molecule has 0 aliphatic rings. The molecule has 72 valence electrons. The van der Waals surface area contributed by atoms with E-state index in [1.54, 1.807) is 13.3 Å². The highest BCUT2D eigenvalue weighted by atomic mass is 16.5. The van der Waals surface area contributed by atoms with Crippen molar-refractivity contribution in [2.75, 3.05) is 7.11 Å². The molecule has 0 saturated carbocycles. The average molecular weight is 180 g/mol. The molecule has 0 bridgehead atoms. The van der Waals surface area contributed by atoms with E-state index in [9.17, 15) is 0 Å². The van der Waals surface area contributed by atoms with Crippen molar-refractivity contribution in [3.8, 4) is 5.75 Å². The van der Waals surface area contributed by atoms with Crippen LogP contribution in [-0.4, -0.2) is 18.1 Å². The van der Waals surface area contributed by atoms with Crippen LogP contribution in [0.5, 0.6) is 5.75 Å². The predicted octanol–water partition coefficient (Wildman–Crippen LogP) is 1.37. The fourth-order valence-electron chi connectivity index (χ4n) is 1.10. The van der Waals surface area contributed by atoms with Crippen molar-refractivity contribution < 1.29 is 4.74 Å². The Bertz CT molecular complexity index is 261. The van der Waals surface area contributed by atoms with E-state index in [1.807, 2.05) is 19.1 Å². The zero-order valence-corrected chi connectivity index (χ0v) is 8.16. The lowest BCUT2D eigenvalue weighted by molar-refractivity contribution is 0.413. The van der Waals surface area contributed by atoms with Crippen molar-refractivity contribution in [1.29, 1.82) is 0 Å². The van der Waals surface area contributed by atoms with Crippen LogP contribution < -0.4 is 10.5 Å². The molecule has 0 fully saturated rings. The van der Waals surface area contributed by atoms with Crippen LogP contribution in [0.25, 0.3) is 0 Å². The number of ether oxygens (including phenoxy) is 1. The summed E-state index contributed by atoms with van der Waals surface area (Å²) < 4.78 is 5.09. The summed E-state index contributed by atoms with van der Waals surface area (Å²) in [6.45, 7) is 2.00. The number of pyridine rings is 1. The second-order valence-electron chi connectivity index (χ2n) is 3.20. The highest BCUT2D eigenvalue weighted by Gasteiger charge is 1.99. The van der Waals surface area contributed by atoms with Gasteiger partial charge in [0.15, 0.2) is 0 Å². The van der Waals surface area contributed by atoms with Crippen molar-refractivity contribution in [3.63, 3.8) is 0 Å². The highest BCUT2D eigenvalue weighted by molar-refractivity contribution is 5.22. The second-order valence-corrected chi connectivity index (χ2v) is 3.20. The van der Waals surface area contributed by atoms with Crippen molar-refractivity contribution in [2.45, 2.75) is 25.8 Å².